The lowest BCUT2D eigenvalue weighted by Gasteiger charge is -2.26. The minimum atomic E-state index is -0.151. The summed E-state index contributed by atoms with van der Waals surface area (Å²) < 4.78 is 11.4. The average Bonchev–Trinajstić information content (AvgIpc) is 2.78. The van der Waals surface area contributed by atoms with Crippen LogP contribution in [-0.4, -0.2) is 32.4 Å². The van der Waals surface area contributed by atoms with Crippen LogP contribution in [0.25, 0.3) is 0 Å². The van der Waals surface area contributed by atoms with Gasteiger partial charge in [-0.2, -0.15) is 0 Å². The van der Waals surface area contributed by atoms with Crippen LogP contribution in [0.15, 0.2) is 24.3 Å². The lowest BCUT2D eigenvalue weighted by atomic mass is 10.0. The number of ether oxygens (including phenoxy) is 2. The molecular formula is C13H19NO2. The summed E-state index contributed by atoms with van der Waals surface area (Å²) in [6.07, 6.45) is 1.01. The normalized spacial score (nSPS) is 24.6. The zero-order valence-electron chi connectivity index (χ0n) is 9.95. The first-order chi connectivity index (χ1) is 7.76. The Balaban J connectivity index is 1.98. The molecule has 0 aliphatic carbocycles. The van der Waals surface area contributed by atoms with Crippen LogP contribution in [0.1, 0.15) is 12.0 Å². The van der Waals surface area contributed by atoms with Crippen molar-refractivity contribution in [1.29, 1.82) is 0 Å². The standard InChI is InChI=1S/C13H19NO2/c1-11-5-3-4-6-12(11)16-10-13(15-2)7-8-14-9-13/h3-6,14H,7-10H2,1-2H3. The summed E-state index contributed by atoms with van der Waals surface area (Å²) in [4.78, 5) is 0. The summed E-state index contributed by atoms with van der Waals surface area (Å²) in [7, 11) is 1.76. The number of para-hydroxylation sites is 1. The van der Waals surface area contributed by atoms with Crippen LogP contribution in [0.3, 0.4) is 0 Å². The van der Waals surface area contributed by atoms with Crippen LogP contribution >= 0.6 is 0 Å². The zero-order chi connectivity index (χ0) is 11.4. The smallest absolute Gasteiger partial charge is 0.122 e. The highest BCUT2D eigenvalue weighted by Gasteiger charge is 2.34. The van der Waals surface area contributed by atoms with Gasteiger partial charge in [0.1, 0.15) is 18.0 Å². The molecule has 3 heteroatoms. The molecule has 3 nitrogen and oxygen atoms in total. The first kappa shape index (κ1) is 11.4. The molecule has 0 radical (unpaired) electrons. The number of hydrogen-bond donors (Lipinski definition) is 1. The van der Waals surface area contributed by atoms with Crippen molar-refractivity contribution >= 4 is 0 Å². The SMILES string of the molecule is COC1(COc2ccccc2C)CCNC1. The van der Waals surface area contributed by atoms with Crippen molar-refractivity contribution in [3.63, 3.8) is 0 Å². The van der Waals surface area contributed by atoms with Gasteiger partial charge in [-0.25, -0.2) is 0 Å². The fourth-order valence-corrected chi connectivity index (χ4v) is 2.00. The number of aryl methyl sites for hydroxylation is 1. The maximum Gasteiger partial charge on any atom is 0.122 e. The molecule has 0 spiro atoms. The first-order valence-corrected chi connectivity index (χ1v) is 5.70. The van der Waals surface area contributed by atoms with Crippen molar-refractivity contribution in [1.82, 2.24) is 5.32 Å². The summed E-state index contributed by atoms with van der Waals surface area (Å²) in [6.45, 7) is 4.55. The lowest BCUT2D eigenvalue weighted by Crippen LogP contribution is -2.40. The van der Waals surface area contributed by atoms with Gasteiger partial charge in [0.05, 0.1) is 0 Å². The molecule has 1 aromatic carbocycles. The van der Waals surface area contributed by atoms with E-state index in [1.165, 1.54) is 5.56 Å². The van der Waals surface area contributed by atoms with Crippen LogP contribution in [0.5, 0.6) is 5.75 Å². The maximum absolute atomic E-state index is 5.85. The van der Waals surface area contributed by atoms with Crippen molar-refractivity contribution < 1.29 is 9.47 Å². The molecule has 1 N–H and O–H groups in total. The van der Waals surface area contributed by atoms with E-state index in [0.717, 1.165) is 25.3 Å². The third-order valence-electron chi connectivity index (χ3n) is 3.22. The van der Waals surface area contributed by atoms with Crippen molar-refractivity contribution in [2.45, 2.75) is 18.9 Å². The highest BCUT2D eigenvalue weighted by Crippen LogP contribution is 2.23. The van der Waals surface area contributed by atoms with E-state index in [-0.39, 0.29) is 5.60 Å². The van der Waals surface area contributed by atoms with Crippen molar-refractivity contribution in [3.8, 4) is 5.75 Å². The van der Waals surface area contributed by atoms with Gasteiger partial charge in [0, 0.05) is 13.7 Å². The Kier molecular flexibility index (Phi) is 3.46. The van der Waals surface area contributed by atoms with Crippen LogP contribution in [0.2, 0.25) is 0 Å². The molecule has 1 fully saturated rings. The van der Waals surface area contributed by atoms with Crippen LogP contribution in [-0.2, 0) is 4.74 Å². The topological polar surface area (TPSA) is 30.5 Å². The molecule has 1 aliphatic rings. The molecule has 16 heavy (non-hydrogen) atoms. The van der Waals surface area contributed by atoms with E-state index in [4.69, 9.17) is 9.47 Å². The van der Waals surface area contributed by atoms with E-state index in [0.29, 0.717) is 6.61 Å². The fraction of sp³-hybridized carbons (Fsp3) is 0.538. The third-order valence-corrected chi connectivity index (χ3v) is 3.22. The largest absolute Gasteiger partial charge is 0.490 e. The maximum atomic E-state index is 5.85. The van der Waals surface area contributed by atoms with Crippen LogP contribution < -0.4 is 10.1 Å². The summed E-state index contributed by atoms with van der Waals surface area (Å²) in [6, 6.07) is 8.07. The second kappa shape index (κ2) is 4.85. The van der Waals surface area contributed by atoms with E-state index in [1.807, 2.05) is 18.2 Å². The van der Waals surface area contributed by atoms with E-state index < -0.39 is 0 Å². The molecule has 1 aliphatic heterocycles. The number of hydrogen-bond acceptors (Lipinski definition) is 3. The Morgan fingerprint density at radius 3 is 2.81 bits per heavy atom. The summed E-state index contributed by atoms with van der Waals surface area (Å²) in [5.41, 5.74) is 1.02. The summed E-state index contributed by atoms with van der Waals surface area (Å²) in [5, 5.41) is 3.31. The van der Waals surface area contributed by atoms with Gasteiger partial charge in [-0.1, -0.05) is 18.2 Å². The Labute approximate surface area is 96.8 Å². The second-order valence-corrected chi connectivity index (χ2v) is 4.37. The lowest BCUT2D eigenvalue weighted by molar-refractivity contribution is -0.0283. The highest BCUT2D eigenvalue weighted by atomic mass is 16.5. The second-order valence-electron chi connectivity index (χ2n) is 4.37. The number of nitrogens with one attached hydrogen (secondary N) is 1. The van der Waals surface area contributed by atoms with Gasteiger partial charge in [0.2, 0.25) is 0 Å². The van der Waals surface area contributed by atoms with Gasteiger partial charge in [0.25, 0.3) is 0 Å². The van der Waals surface area contributed by atoms with Gasteiger partial charge in [0.15, 0.2) is 0 Å². The molecule has 1 atom stereocenters. The van der Waals surface area contributed by atoms with Crippen LogP contribution in [0, 0.1) is 6.92 Å². The van der Waals surface area contributed by atoms with E-state index in [1.54, 1.807) is 7.11 Å². The number of rotatable bonds is 4. The molecule has 1 saturated heterocycles. The van der Waals surface area contributed by atoms with Gasteiger partial charge in [-0.05, 0) is 31.5 Å². The Hall–Kier alpha value is -1.06. The molecule has 1 aromatic rings. The minimum absolute atomic E-state index is 0.151. The summed E-state index contributed by atoms with van der Waals surface area (Å²) >= 11 is 0. The molecule has 0 amide bonds. The highest BCUT2D eigenvalue weighted by molar-refractivity contribution is 5.31. The minimum Gasteiger partial charge on any atom is -0.490 e. The van der Waals surface area contributed by atoms with Gasteiger partial charge in [-0.15, -0.1) is 0 Å². The average molecular weight is 221 g/mol. The third kappa shape index (κ3) is 2.36. The van der Waals surface area contributed by atoms with Crippen LogP contribution in [0.4, 0.5) is 0 Å². The number of benzene rings is 1. The van der Waals surface area contributed by atoms with E-state index in [2.05, 4.69) is 18.3 Å². The molecule has 0 aromatic heterocycles. The summed E-state index contributed by atoms with van der Waals surface area (Å²) in [5.74, 6) is 0.950. The van der Waals surface area contributed by atoms with Gasteiger partial charge < -0.3 is 14.8 Å². The molecule has 0 saturated carbocycles. The molecule has 1 unspecified atom stereocenters. The van der Waals surface area contributed by atoms with E-state index in [9.17, 15) is 0 Å². The molecule has 1 heterocycles. The molecule has 0 bridgehead atoms. The quantitative estimate of drug-likeness (QED) is 0.840. The predicted molar refractivity (Wildman–Crippen MR) is 63.9 cm³/mol. The van der Waals surface area contributed by atoms with Gasteiger partial charge in [-0.3, -0.25) is 0 Å². The van der Waals surface area contributed by atoms with Crippen molar-refractivity contribution in [2.24, 2.45) is 0 Å². The monoisotopic (exact) mass is 221 g/mol. The Morgan fingerprint density at radius 2 is 2.19 bits per heavy atom. The first-order valence-electron chi connectivity index (χ1n) is 5.70. The van der Waals surface area contributed by atoms with Crippen molar-refractivity contribution in [3.05, 3.63) is 29.8 Å². The van der Waals surface area contributed by atoms with Gasteiger partial charge >= 0.3 is 0 Å². The fourth-order valence-electron chi connectivity index (χ4n) is 2.00. The predicted octanol–water partition coefficient (Wildman–Crippen LogP) is 1.75. The Morgan fingerprint density at radius 1 is 1.38 bits per heavy atom. The van der Waals surface area contributed by atoms with Crippen molar-refractivity contribution in [2.75, 3.05) is 26.8 Å². The molecule has 2 rings (SSSR count). The molecule has 88 valence electrons. The molecular weight excluding hydrogens is 202 g/mol. The Bertz CT molecular complexity index is 346. The zero-order valence-corrected chi connectivity index (χ0v) is 9.95. The van der Waals surface area contributed by atoms with E-state index >= 15 is 0 Å². The number of methoxy groups -OCH3 is 1.